The van der Waals surface area contributed by atoms with Gasteiger partial charge < -0.3 is 0 Å². The smallest absolute Gasteiger partial charge is 0.264 e. The van der Waals surface area contributed by atoms with Crippen molar-refractivity contribution in [3.63, 3.8) is 0 Å². The molecular formula is C24H24IN3O3S. The molecule has 32 heavy (non-hydrogen) atoms. The number of halogens is 1. The summed E-state index contributed by atoms with van der Waals surface area (Å²) in [6.07, 6.45) is 0. The Bertz CT molecular complexity index is 1220. The van der Waals surface area contributed by atoms with Crippen molar-refractivity contribution in [2.24, 2.45) is 5.10 Å². The van der Waals surface area contributed by atoms with Crippen molar-refractivity contribution < 1.29 is 13.2 Å². The van der Waals surface area contributed by atoms with Gasteiger partial charge in [0.05, 0.1) is 16.3 Å². The average Bonchev–Trinajstić information content (AvgIpc) is 2.77. The predicted molar refractivity (Wildman–Crippen MR) is 136 cm³/mol. The third-order valence-corrected chi connectivity index (χ3v) is 7.34. The molecule has 0 aliphatic carbocycles. The minimum absolute atomic E-state index is 0.120. The number of hydrogen-bond acceptors (Lipinski definition) is 4. The van der Waals surface area contributed by atoms with Crippen molar-refractivity contribution in [3.05, 3.63) is 93.1 Å². The van der Waals surface area contributed by atoms with Crippen LogP contribution in [0.5, 0.6) is 0 Å². The Hall–Kier alpha value is -2.72. The van der Waals surface area contributed by atoms with Crippen LogP contribution in [0.4, 0.5) is 5.69 Å². The first-order valence-electron chi connectivity index (χ1n) is 9.92. The molecule has 166 valence electrons. The molecule has 0 radical (unpaired) electrons. The van der Waals surface area contributed by atoms with Crippen molar-refractivity contribution in [1.29, 1.82) is 0 Å². The van der Waals surface area contributed by atoms with Gasteiger partial charge >= 0.3 is 0 Å². The topological polar surface area (TPSA) is 78.8 Å². The minimum Gasteiger partial charge on any atom is -0.271 e. The summed E-state index contributed by atoms with van der Waals surface area (Å²) in [5.41, 5.74) is 6.32. The summed E-state index contributed by atoms with van der Waals surface area (Å²) in [6, 6.07) is 21.3. The Morgan fingerprint density at radius 1 is 0.906 bits per heavy atom. The zero-order chi connectivity index (χ0) is 23.3. The lowest BCUT2D eigenvalue weighted by atomic mass is 10.1. The molecule has 0 unspecified atom stereocenters. The first kappa shape index (κ1) is 23.9. The van der Waals surface area contributed by atoms with Crippen molar-refractivity contribution in [2.75, 3.05) is 10.8 Å². The lowest BCUT2D eigenvalue weighted by Crippen LogP contribution is -2.39. The van der Waals surface area contributed by atoms with E-state index in [1.807, 2.05) is 50.2 Å². The second-order valence-electron chi connectivity index (χ2n) is 7.40. The molecule has 0 saturated heterocycles. The van der Waals surface area contributed by atoms with E-state index in [1.54, 1.807) is 43.3 Å². The highest BCUT2D eigenvalue weighted by atomic mass is 127. The average molecular weight is 561 g/mol. The van der Waals surface area contributed by atoms with Gasteiger partial charge in [-0.15, -0.1) is 0 Å². The van der Waals surface area contributed by atoms with Gasteiger partial charge in [0.2, 0.25) is 0 Å². The second kappa shape index (κ2) is 10.3. The highest BCUT2D eigenvalue weighted by molar-refractivity contribution is 14.1. The number of amides is 1. The minimum atomic E-state index is -3.95. The van der Waals surface area contributed by atoms with Crippen LogP contribution in [0.15, 0.2) is 82.8 Å². The molecule has 3 rings (SSSR count). The third kappa shape index (κ3) is 5.95. The lowest BCUT2D eigenvalue weighted by molar-refractivity contribution is -0.119. The van der Waals surface area contributed by atoms with Crippen molar-refractivity contribution in [3.8, 4) is 0 Å². The summed E-state index contributed by atoms with van der Waals surface area (Å²) < 4.78 is 28.9. The zero-order valence-corrected chi connectivity index (χ0v) is 21.0. The fourth-order valence-electron chi connectivity index (χ4n) is 2.93. The van der Waals surface area contributed by atoms with Crippen LogP contribution in [0.2, 0.25) is 0 Å². The molecule has 0 saturated carbocycles. The summed E-state index contributed by atoms with van der Waals surface area (Å²) in [5, 5.41) is 4.14. The van der Waals surface area contributed by atoms with Gasteiger partial charge in [-0.05, 0) is 85.3 Å². The second-order valence-corrected chi connectivity index (χ2v) is 10.5. The Labute approximate surface area is 202 Å². The van der Waals surface area contributed by atoms with E-state index in [2.05, 4.69) is 33.1 Å². The first-order valence-corrected chi connectivity index (χ1v) is 12.4. The Kier molecular flexibility index (Phi) is 7.68. The molecule has 1 amide bonds. The maximum absolute atomic E-state index is 13.4. The summed E-state index contributed by atoms with van der Waals surface area (Å²) in [5.74, 6) is -0.536. The van der Waals surface area contributed by atoms with Crippen LogP contribution in [-0.2, 0) is 14.8 Å². The van der Waals surface area contributed by atoms with Crippen molar-refractivity contribution in [1.82, 2.24) is 5.43 Å². The molecule has 0 atom stereocenters. The van der Waals surface area contributed by atoms with E-state index in [4.69, 9.17) is 0 Å². The molecular weight excluding hydrogens is 537 g/mol. The Morgan fingerprint density at radius 2 is 1.44 bits per heavy atom. The highest BCUT2D eigenvalue weighted by Gasteiger charge is 2.27. The Balaban J connectivity index is 1.86. The zero-order valence-electron chi connectivity index (χ0n) is 18.0. The normalized spacial score (nSPS) is 11.8. The molecule has 0 aliphatic heterocycles. The van der Waals surface area contributed by atoms with E-state index in [1.165, 1.54) is 0 Å². The Morgan fingerprint density at radius 3 is 2.00 bits per heavy atom. The van der Waals surface area contributed by atoms with Crippen molar-refractivity contribution >= 4 is 49.9 Å². The number of nitrogens with zero attached hydrogens (tertiary/aromatic N) is 2. The summed E-state index contributed by atoms with van der Waals surface area (Å²) in [6.45, 7) is 5.18. The number of benzene rings is 3. The summed E-state index contributed by atoms with van der Waals surface area (Å²) in [4.78, 5) is 12.8. The molecule has 0 heterocycles. The van der Waals surface area contributed by atoms with Gasteiger partial charge in [-0.25, -0.2) is 13.8 Å². The molecule has 8 heteroatoms. The van der Waals surface area contributed by atoms with Crippen molar-refractivity contribution in [2.45, 2.75) is 25.7 Å². The van der Waals surface area contributed by atoms with Crippen LogP contribution in [-0.4, -0.2) is 26.6 Å². The number of hydrazone groups is 1. The van der Waals surface area contributed by atoms with Crippen LogP contribution < -0.4 is 9.73 Å². The number of hydrogen-bond donors (Lipinski definition) is 1. The van der Waals surface area contributed by atoms with Crippen LogP contribution >= 0.6 is 22.6 Å². The summed E-state index contributed by atoms with van der Waals surface area (Å²) >= 11 is 2.21. The number of rotatable bonds is 7. The maximum atomic E-state index is 13.4. The molecule has 6 nitrogen and oxygen atoms in total. The first-order chi connectivity index (χ1) is 15.2. The van der Waals surface area contributed by atoms with Crippen LogP contribution in [0.25, 0.3) is 0 Å². The van der Waals surface area contributed by atoms with Gasteiger partial charge in [0.15, 0.2) is 0 Å². The molecule has 0 fully saturated rings. The predicted octanol–water partition coefficient (Wildman–Crippen LogP) is 4.64. The molecule has 3 aromatic rings. The van der Waals surface area contributed by atoms with Gasteiger partial charge in [0, 0.05) is 3.57 Å². The van der Waals surface area contributed by atoms with Gasteiger partial charge in [-0.2, -0.15) is 5.10 Å². The monoisotopic (exact) mass is 561 g/mol. The van der Waals surface area contributed by atoms with E-state index in [0.717, 1.165) is 24.6 Å². The number of sulfonamides is 1. The molecule has 0 spiro atoms. The van der Waals surface area contributed by atoms with Crippen LogP contribution in [0, 0.1) is 17.4 Å². The molecule has 1 N–H and O–H groups in total. The number of carbonyl (C=O) groups is 1. The van der Waals surface area contributed by atoms with Gasteiger partial charge in [-0.1, -0.05) is 47.5 Å². The third-order valence-electron chi connectivity index (χ3n) is 4.83. The number of anilines is 1. The fourth-order valence-corrected chi connectivity index (χ4v) is 4.71. The van der Waals surface area contributed by atoms with E-state index in [9.17, 15) is 13.2 Å². The summed E-state index contributed by atoms with van der Waals surface area (Å²) in [7, 11) is -3.95. The van der Waals surface area contributed by atoms with E-state index in [-0.39, 0.29) is 4.90 Å². The number of carbonyl (C=O) groups excluding carboxylic acids is 1. The van der Waals surface area contributed by atoms with Gasteiger partial charge in [0.1, 0.15) is 6.54 Å². The quantitative estimate of drug-likeness (QED) is 0.259. The van der Waals surface area contributed by atoms with Gasteiger partial charge in [-0.3, -0.25) is 9.10 Å². The fraction of sp³-hybridized carbons (Fsp3) is 0.167. The van der Waals surface area contributed by atoms with Gasteiger partial charge in [0.25, 0.3) is 15.9 Å². The standard InChI is InChI=1S/C24H24IN3O3S/c1-17-4-12-22(13-5-17)28(32(30,31)23-14-6-18(2)7-15-23)16-24(29)27-26-19(3)20-8-10-21(25)11-9-20/h4-15H,16H2,1-3H3,(H,27,29)/b26-19-. The van der Waals surface area contributed by atoms with E-state index < -0.39 is 22.5 Å². The number of aryl methyl sites for hydroxylation is 2. The van der Waals surface area contributed by atoms with E-state index >= 15 is 0 Å². The molecule has 0 bridgehead atoms. The molecule has 3 aromatic carbocycles. The number of nitrogens with one attached hydrogen (secondary N) is 1. The maximum Gasteiger partial charge on any atom is 0.264 e. The lowest BCUT2D eigenvalue weighted by Gasteiger charge is -2.24. The van der Waals surface area contributed by atoms with Crippen LogP contribution in [0.3, 0.4) is 0 Å². The van der Waals surface area contributed by atoms with E-state index in [0.29, 0.717) is 11.4 Å². The molecule has 0 aliphatic rings. The largest absolute Gasteiger partial charge is 0.271 e. The highest BCUT2D eigenvalue weighted by Crippen LogP contribution is 2.24. The van der Waals surface area contributed by atoms with Crippen LogP contribution in [0.1, 0.15) is 23.6 Å². The molecule has 0 aromatic heterocycles. The SMILES string of the molecule is C/C(=N/NC(=O)CN(c1ccc(C)cc1)S(=O)(=O)c1ccc(C)cc1)c1ccc(I)cc1.